The first-order chi connectivity index (χ1) is 7.23. The minimum atomic E-state index is -2.58. The summed E-state index contributed by atoms with van der Waals surface area (Å²) in [4.78, 5) is 11.7. The van der Waals surface area contributed by atoms with Crippen LogP contribution in [0.4, 0.5) is 0 Å². The third kappa shape index (κ3) is 7.06. The summed E-state index contributed by atoms with van der Waals surface area (Å²) in [5.74, 6) is -0.435. The maximum Gasteiger partial charge on any atom is 0.307 e. The van der Waals surface area contributed by atoms with Gasteiger partial charge in [0.1, 0.15) is 5.60 Å². The van der Waals surface area contributed by atoms with Gasteiger partial charge < -0.3 is 13.9 Å². The molecule has 0 amide bonds. The molecule has 0 aromatic heterocycles. The summed E-state index contributed by atoms with van der Waals surface area (Å²) in [6.07, 6.45) is -0.0359. The molecule has 0 unspecified atom stereocenters. The minimum absolute atomic E-state index is 0.0359. The number of carbonyl (C=O) groups excluding carboxylic acids is 1. The Labute approximate surface area is 104 Å². The smallest absolute Gasteiger partial charge is 0.307 e. The van der Waals surface area contributed by atoms with Crippen LogP contribution in [-0.2, 0) is 18.7 Å². The van der Waals surface area contributed by atoms with Gasteiger partial charge in [-0.05, 0) is 47.4 Å². The van der Waals surface area contributed by atoms with Crippen LogP contribution in [0.5, 0.6) is 0 Å². The van der Waals surface area contributed by atoms with Gasteiger partial charge in [-0.15, -0.1) is 0 Å². The van der Waals surface area contributed by atoms with E-state index in [-0.39, 0.29) is 6.42 Å². The fourth-order valence-electron chi connectivity index (χ4n) is 1.64. The van der Waals surface area contributed by atoms with Crippen LogP contribution in [-0.4, -0.2) is 43.6 Å². The third-order valence-corrected chi connectivity index (χ3v) is 8.78. The lowest BCUT2D eigenvalue weighted by molar-refractivity contribution is -0.154. The highest BCUT2D eigenvalue weighted by Crippen LogP contribution is 2.62. The zero-order valence-corrected chi connectivity index (χ0v) is 13.6. The molecule has 0 heterocycles. The van der Waals surface area contributed by atoms with E-state index in [1.54, 1.807) is 47.4 Å². The molecule has 102 valence electrons. The van der Waals surface area contributed by atoms with Crippen molar-refractivity contribution in [1.29, 1.82) is 0 Å². The molecular weight excluding hydrogens is 258 g/mol. The van der Waals surface area contributed by atoms with Gasteiger partial charge in [0.2, 0.25) is 0 Å². The van der Waals surface area contributed by atoms with Crippen molar-refractivity contribution in [3.63, 3.8) is 0 Å². The van der Waals surface area contributed by atoms with Crippen molar-refractivity contribution < 1.29 is 18.7 Å². The maximum absolute atomic E-state index is 12.1. The van der Waals surface area contributed by atoms with Crippen molar-refractivity contribution in [1.82, 2.24) is 0 Å². The first kappa shape index (κ1) is 16.9. The van der Waals surface area contributed by atoms with Crippen LogP contribution < -0.4 is 0 Å². The summed E-state index contributed by atoms with van der Waals surface area (Å²) in [6, 6.07) is 0. The minimum Gasteiger partial charge on any atom is -0.460 e. The lowest BCUT2D eigenvalue weighted by Gasteiger charge is -2.26. The first-order valence-electron chi connectivity index (χ1n) is 5.54. The van der Waals surface area contributed by atoms with E-state index < -0.39 is 31.3 Å². The van der Waals surface area contributed by atoms with E-state index in [1.165, 1.54) is 0 Å². The Bertz CT molecular complexity index is 347. The second-order valence-corrected chi connectivity index (χ2v) is 13.5. The molecule has 0 aliphatic heterocycles. The molecule has 0 bridgehead atoms. The van der Waals surface area contributed by atoms with Gasteiger partial charge in [0.05, 0.1) is 26.1 Å². The highest BCUT2D eigenvalue weighted by atomic mass is 31.2. The molecule has 0 atom stereocenters. The van der Waals surface area contributed by atoms with Crippen LogP contribution in [0.15, 0.2) is 0 Å². The molecule has 0 saturated carbocycles. The summed E-state index contributed by atoms with van der Waals surface area (Å²) >= 11 is 0. The van der Waals surface area contributed by atoms with E-state index in [1.807, 2.05) is 0 Å². The molecule has 17 heavy (non-hydrogen) atoms. The van der Waals surface area contributed by atoms with E-state index in [9.17, 15) is 13.9 Å². The lowest BCUT2D eigenvalue weighted by Crippen LogP contribution is -2.26. The topological polar surface area (TPSA) is 60.4 Å². The molecular formula is C11H24O4P2. The molecule has 0 saturated heterocycles. The van der Waals surface area contributed by atoms with E-state index in [0.717, 1.165) is 0 Å². The monoisotopic (exact) mass is 282 g/mol. The second kappa shape index (κ2) is 5.28. The van der Waals surface area contributed by atoms with Crippen LogP contribution in [0.25, 0.3) is 0 Å². The molecule has 0 aromatic rings. The third-order valence-electron chi connectivity index (χ3n) is 2.20. The Morgan fingerprint density at radius 2 is 1.41 bits per heavy atom. The average molecular weight is 282 g/mol. The summed E-state index contributed by atoms with van der Waals surface area (Å²) in [6.45, 7) is 11.6. The van der Waals surface area contributed by atoms with Crippen molar-refractivity contribution >= 4 is 20.3 Å². The van der Waals surface area contributed by atoms with Crippen LogP contribution in [0.2, 0.25) is 0 Å². The van der Waals surface area contributed by atoms with Gasteiger partial charge in [0, 0.05) is 0 Å². The fraction of sp³-hybridized carbons (Fsp3) is 0.909. The number of rotatable bonds is 4. The van der Waals surface area contributed by atoms with E-state index in [2.05, 4.69) is 0 Å². The van der Waals surface area contributed by atoms with Crippen molar-refractivity contribution in [2.75, 3.05) is 26.7 Å². The number of ether oxygens (including phenoxy) is 1. The number of carbonyl (C=O) groups is 1. The molecule has 0 fully saturated rings. The van der Waals surface area contributed by atoms with Crippen molar-refractivity contribution in [2.24, 2.45) is 0 Å². The highest BCUT2D eigenvalue weighted by molar-refractivity contribution is 7.80. The Kier molecular flexibility index (Phi) is 5.26. The first-order valence-corrected chi connectivity index (χ1v) is 10.9. The number of hydrogen-bond donors (Lipinski definition) is 0. The Hall–Kier alpha value is -0.0700. The van der Waals surface area contributed by atoms with Crippen molar-refractivity contribution in [3.8, 4) is 0 Å². The molecule has 0 aromatic carbocycles. The SMILES string of the molecule is CC(C)(C)OC(=O)CC(P(C)(C)=O)P(C)(C)=O. The molecule has 0 rings (SSSR count). The molecule has 0 aliphatic carbocycles. The molecule has 0 aliphatic rings. The highest BCUT2D eigenvalue weighted by Gasteiger charge is 2.36. The lowest BCUT2D eigenvalue weighted by atomic mass is 10.2. The van der Waals surface area contributed by atoms with E-state index in [0.29, 0.717) is 0 Å². The zero-order valence-electron chi connectivity index (χ0n) is 11.8. The quantitative estimate of drug-likeness (QED) is 0.586. The Morgan fingerprint density at radius 1 is 1.06 bits per heavy atom. The normalized spacial score (nSPS) is 13.9. The van der Waals surface area contributed by atoms with Crippen molar-refractivity contribution in [3.05, 3.63) is 0 Å². The van der Waals surface area contributed by atoms with E-state index >= 15 is 0 Å². The molecule has 6 heteroatoms. The molecule has 0 N–H and O–H groups in total. The van der Waals surface area contributed by atoms with Crippen LogP contribution in [0.1, 0.15) is 27.2 Å². The van der Waals surface area contributed by atoms with Gasteiger partial charge in [-0.1, -0.05) is 0 Å². The van der Waals surface area contributed by atoms with Gasteiger partial charge in [0.25, 0.3) is 0 Å². The Balaban J connectivity index is 4.88. The largest absolute Gasteiger partial charge is 0.460 e. The summed E-state index contributed by atoms with van der Waals surface area (Å²) in [5, 5.41) is -0.579. The Morgan fingerprint density at radius 3 is 1.65 bits per heavy atom. The van der Waals surface area contributed by atoms with Gasteiger partial charge in [-0.2, -0.15) is 0 Å². The molecule has 4 nitrogen and oxygen atoms in total. The van der Waals surface area contributed by atoms with Gasteiger partial charge >= 0.3 is 5.97 Å². The van der Waals surface area contributed by atoms with Crippen LogP contribution in [0, 0.1) is 0 Å². The maximum atomic E-state index is 12.1. The second-order valence-electron chi connectivity index (χ2n) is 6.14. The molecule has 0 radical (unpaired) electrons. The summed E-state index contributed by atoms with van der Waals surface area (Å²) in [7, 11) is -5.16. The van der Waals surface area contributed by atoms with Crippen LogP contribution >= 0.6 is 14.3 Å². The average Bonchev–Trinajstić information content (AvgIpc) is 1.91. The predicted molar refractivity (Wildman–Crippen MR) is 73.2 cm³/mol. The summed E-state index contributed by atoms with van der Waals surface area (Å²) < 4.78 is 29.3. The van der Waals surface area contributed by atoms with Crippen LogP contribution in [0.3, 0.4) is 0 Å². The van der Waals surface area contributed by atoms with E-state index in [4.69, 9.17) is 4.74 Å². The van der Waals surface area contributed by atoms with Gasteiger partial charge in [0.15, 0.2) is 0 Å². The summed E-state index contributed by atoms with van der Waals surface area (Å²) in [5.41, 5.74) is -0.571. The number of hydrogen-bond acceptors (Lipinski definition) is 4. The zero-order chi connectivity index (χ0) is 14.1. The fourth-order valence-corrected chi connectivity index (χ4v) is 8.18. The van der Waals surface area contributed by atoms with Crippen molar-refractivity contribution in [2.45, 2.75) is 38.2 Å². The number of esters is 1. The van der Waals surface area contributed by atoms with Gasteiger partial charge in [-0.25, -0.2) is 0 Å². The molecule has 0 spiro atoms. The van der Waals surface area contributed by atoms with Gasteiger partial charge in [-0.3, -0.25) is 4.79 Å². The predicted octanol–water partition coefficient (Wildman–Crippen LogP) is 3.29. The standard InChI is InChI=1S/C11H24O4P2/c1-11(2,3)15-9(12)8-10(16(4,5)13)17(6,7)14/h10H,8H2,1-7H3.